The normalized spacial score (nSPS) is 23.7. The smallest absolute Gasteiger partial charge is 0.314 e. The van der Waals surface area contributed by atoms with Crippen LogP contribution in [0.3, 0.4) is 0 Å². The van der Waals surface area contributed by atoms with E-state index in [1.54, 1.807) is 0 Å². The van der Waals surface area contributed by atoms with Crippen molar-refractivity contribution in [2.24, 2.45) is 17.8 Å². The molecule has 1 aliphatic carbocycles. The topological polar surface area (TPSA) is 78.4 Å². The number of amides is 2. The van der Waals surface area contributed by atoms with Crippen molar-refractivity contribution in [2.45, 2.75) is 33.1 Å². The Hall–Kier alpha value is -1.26. The van der Waals surface area contributed by atoms with Gasteiger partial charge in [-0.25, -0.2) is 4.79 Å². The lowest BCUT2D eigenvalue weighted by molar-refractivity contribution is -0.142. The summed E-state index contributed by atoms with van der Waals surface area (Å²) in [6.07, 6.45) is 2.56. The molecule has 0 radical (unpaired) electrons. The van der Waals surface area contributed by atoms with Crippen LogP contribution in [0.25, 0.3) is 0 Å². The zero-order valence-electron chi connectivity index (χ0n) is 10.5. The van der Waals surface area contributed by atoms with Gasteiger partial charge in [0.05, 0.1) is 5.92 Å². The molecule has 0 heterocycles. The van der Waals surface area contributed by atoms with Gasteiger partial charge in [-0.05, 0) is 24.7 Å². The largest absolute Gasteiger partial charge is 0.481 e. The molecule has 0 bridgehead atoms. The van der Waals surface area contributed by atoms with Gasteiger partial charge >= 0.3 is 12.0 Å². The molecule has 2 unspecified atom stereocenters. The van der Waals surface area contributed by atoms with Crippen LogP contribution in [-0.4, -0.2) is 30.2 Å². The van der Waals surface area contributed by atoms with E-state index in [0.29, 0.717) is 19.0 Å². The molecule has 1 fully saturated rings. The van der Waals surface area contributed by atoms with Gasteiger partial charge in [-0.2, -0.15) is 0 Å². The molecule has 2 amide bonds. The molecule has 0 aromatic rings. The minimum Gasteiger partial charge on any atom is -0.481 e. The predicted molar refractivity (Wildman–Crippen MR) is 64.7 cm³/mol. The first-order valence-electron chi connectivity index (χ1n) is 6.25. The first kappa shape index (κ1) is 13.8. The number of rotatable bonds is 5. The van der Waals surface area contributed by atoms with Gasteiger partial charge in [0.1, 0.15) is 0 Å². The predicted octanol–water partition coefficient (Wildman–Crippen LogP) is 1.44. The third-order valence-electron chi connectivity index (χ3n) is 3.17. The second kappa shape index (κ2) is 6.47. The molecule has 0 aliphatic heterocycles. The monoisotopic (exact) mass is 242 g/mol. The third kappa shape index (κ3) is 4.63. The number of hydrogen-bond donors (Lipinski definition) is 3. The van der Waals surface area contributed by atoms with Crippen LogP contribution in [0, 0.1) is 17.8 Å². The Balaban J connectivity index is 2.25. The molecule has 0 spiro atoms. The average Bonchev–Trinajstić information content (AvgIpc) is 2.71. The van der Waals surface area contributed by atoms with Crippen molar-refractivity contribution in [1.29, 1.82) is 0 Å². The number of hydrogen-bond acceptors (Lipinski definition) is 2. The van der Waals surface area contributed by atoms with Gasteiger partial charge in [0.2, 0.25) is 0 Å². The highest BCUT2D eigenvalue weighted by atomic mass is 16.4. The lowest BCUT2D eigenvalue weighted by Gasteiger charge is -2.17. The van der Waals surface area contributed by atoms with Crippen LogP contribution in [0.5, 0.6) is 0 Å². The number of carbonyl (C=O) groups is 2. The van der Waals surface area contributed by atoms with Crippen molar-refractivity contribution >= 4 is 12.0 Å². The quantitative estimate of drug-likeness (QED) is 0.682. The van der Waals surface area contributed by atoms with Crippen LogP contribution in [0.2, 0.25) is 0 Å². The number of carbonyl (C=O) groups excluding carboxylic acids is 1. The van der Waals surface area contributed by atoms with Crippen molar-refractivity contribution in [2.75, 3.05) is 13.1 Å². The standard InChI is InChI=1S/C12H22N2O3/c1-8(2)6-13-12(17)14-7-9-4-3-5-10(9)11(15)16/h8-10H,3-7H2,1-2H3,(H,15,16)(H2,13,14,17). The third-order valence-corrected chi connectivity index (χ3v) is 3.17. The van der Waals surface area contributed by atoms with E-state index in [0.717, 1.165) is 19.3 Å². The minimum absolute atomic E-state index is 0.0808. The van der Waals surface area contributed by atoms with Crippen LogP contribution in [-0.2, 0) is 4.79 Å². The molecule has 1 aliphatic rings. The van der Waals surface area contributed by atoms with Crippen molar-refractivity contribution in [3.63, 3.8) is 0 Å². The summed E-state index contributed by atoms with van der Waals surface area (Å²) in [5, 5.41) is 14.5. The molecule has 17 heavy (non-hydrogen) atoms. The van der Waals surface area contributed by atoms with Gasteiger partial charge in [0.15, 0.2) is 0 Å². The summed E-state index contributed by atoms with van der Waals surface area (Å²) in [4.78, 5) is 22.4. The van der Waals surface area contributed by atoms with Gasteiger partial charge in [-0.3, -0.25) is 4.79 Å². The average molecular weight is 242 g/mol. The molecule has 98 valence electrons. The summed E-state index contributed by atoms with van der Waals surface area (Å²) < 4.78 is 0. The molecule has 1 rings (SSSR count). The molecule has 1 saturated carbocycles. The highest BCUT2D eigenvalue weighted by Crippen LogP contribution is 2.31. The summed E-state index contributed by atoms with van der Waals surface area (Å²) in [6.45, 7) is 5.15. The maximum atomic E-state index is 11.4. The van der Waals surface area contributed by atoms with Gasteiger partial charge in [0.25, 0.3) is 0 Å². The molecule has 3 N–H and O–H groups in total. The zero-order valence-corrected chi connectivity index (χ0v) is 10.5. The van der Waals surface area contributed by atoms with Gasteiger partial charge < -0.3 is 15.7 Å². The molecule has 5 heteroatoms. The van der Waals surface area contributed by atoms with E-state index >= 15 is 0 Å². The fraction of sp³-hybridized carbons (Fsp3) is 0.833. The SMILES string of the molecule is CC(C)CNC(=O)NCC1CCCC1C(=O)O. The Labute approximate surface area is 102 Å². The number of carboxylic acids is 1. The first-order valence-corrected chi connectivity index (χ1v) is 6.25. The van der Waals surface area contributed by atoms with E-state index < -0.39 is 5.97 Å². The molecule has 0 aromatic heterocycles. The second-order valence-corrected chi connectivity index (χ2v) is 5.12. The van der Waals surface area contributed by atoms with Gasteiger partial charge in [-0.1, -0.05) is 20.3 Å². The lowest BCUT2D eigenvalue weighted by atomic mass is 9.96. The Morgan fingerprint density at radius 3 is 2.59 bits per heavy atom. The van der Waals surface area contributed by atoms with E-state index in [1.807, 2.05) is 13.8 Å². The first-order chi connectivity index (χ1) is 8.00. The fourth-order valence-electron chi connectivity index (χ4n) is 2.19. The van der Waals surface area contributed by atoms with Crippen molar-refractivity contribution in [1.82, 2.24) is 10.6 Å². The maximum absolute atomic E-state index is 11.4. The van der Waals surface area contributed by atoms with E-state index in [1.165, 1.54) is 0 Å². The van der Waals surface area contributed by atoms with Crippen LogP contribution in [0.4, 0.5) is 4.79 Å². The van der Waals surface area contributed by atoms with Crippen LogP contribution >= 0.6 is 0 Å². The minimum atomic E-state index is -0.739. The maximum Gasteiger partial charge on any atom is 0.314 e. The van der Waals surface area contributed by atoms with E-state index in [9.17, 15) is 9.59 Å². The number of carboxylic acid groups (broad SMARTS) is 1. The highest BCUT2D eigenvalue weighted by molar-refractivity contribution is 5.74. The Kier molecular flexibility index (Phi) is 5.25. The second-order valence-electron chi connectivity index (χ2n) is 5.12. The van der Waals surface area contributed by atoms with Crippen molar-refractivity contribution in [3.05, 3.63) is 0 Å². The van der Waals surface area contributed by atoms with Crippen molar-refractivity contribution in [3.8, 4) is 0 Å². The Morgan fingerprint density at radius 1 is 1.29 bits per heavy atom. The summed E-state index contributed by atoms with van der Waals surface area (Å²) in [5.74, 6) is -0.534. The summed E-state index contributed by atoms with van der Waals surface area (Å²) in [7, 11) is 0. The molecule has 0 saturated heterocycles. The fourth-order valence-corrected chi connectivity index (χ4v) is 2.19. The Morgan fingerprint density at radius 2 is 2.00 bits per heavy atom. The summed E-state index contributed by atoms with van der Waals surface area (Å²) in [5.41, 5.74) is 0. The lowest BCUT2D eigenvalue weighted by Crippen LogP contribution is -2.41. The van der Waals surface area contributed by atoms with E-state index in [-0.39, 0.29) is 17.9 Å². The molecule has 2 atom stereocenters. The summed E-state index contributed by atoms with van der Waals surface area (Å²) >= 11 is 0. The zero-order chi connectivity index (χ0) is 12.8. The van der Waals surface area contributed by atoms with E-state index in [4.69, 9.17) is 5.11 Å². The van der Waals surface area contributed by atoms with Gasteiger partial charge in [-0.15, -0.1) is 0 Å². The molecular formula is C12H22N2O3. The van der Waals surface area contributed by atoms with Gasteiger partial charge in [0, 0.05) is 13.1 Å². The molecular weight excluding hydrogens is 220 g/mol. The molecule has 5 nitrogen and oxygen atoms in total. The summed E-state index contributed by atoms with van der Waals surface area (Å²) in [6, 6.07) is -0.199. The van der Waals surface area contributed by atoms with E-state index in [2.05, 4.69) is 10.6 Å². The van der Waals surface area contributed by atoms with Crippen molar-refractivity contribution < 1.29 is 14.7 Å². The highest BCUT2D eigenvalue weighted by Gasteiger charge is 2.32. The Bertz CT molecular complexity index is 279. The number of nitrogens with one attached hydrogen (secondary N) is 2. The van der Waals surface area contributed by atoms with Crippen LogP contribution in [0.1, 0.15) is 33.1 Å². The molecule has 0 aromatic carbocycles. The van der Waals surface area contributed by atoms with Crippen LogP contribution in [0.15, 0.2) is 0 Å². The number of urea groups is 1. The number of aliphatic carboxylic acids is 1. The van der Waals surface area contributed by atoms with Crippen LogP contribution < -0.4 is 10.6 Å².